The van der Waals surface area contributed by atoms with Gasteiger partial charge in [-0.25, -0.2) is 0 Å². The molecule has 0 aromatic carbocycles. The molecule has 0 bridgehead atoms. The molecule has 0 aliphatic carbocycles. The Morgan fingerprint density at radius 2 is 1.14 bits per heavy atom. The first-order valence-electron chi connectivity index (χ1n) is 4.35. The Balaban J connectivity index is 2.38. The molecular formula is C8H14N2S4. The predicted molar refractivity (Wildman–Crippen MR) is 75.4 cm³/mol. The highest BCUT2D eigenvalue weighted by Crippen LogP contribution is 2.13. The molecule has 0 aromatic rings. The second-order valence-electron chi connectivity index (χ2n) is 2.91. The summed E-state index contributed by atoms with van der Waals surface area (Å²) in [6, 6.07) is 0. The van der Waals surface area contributed by atoms with Gasteiger partial charge in [-0.1, -0.05) is 24.4 Å². The van der Waals surface area contributed by atoms with Crippen molar-refractivity contribution in [3.05, 3.63) is 0 Å². The van der Waals surface area contributed by atoms with Crippen molar-refractivity contribution in [2.75, 3.05) is 38.7 Å². The van der Waals surface area contributed by atoms with Crippen molar-refractivity contribution < 1.29 is 0 Å². The van der Waals surface area contributed by atoms with E-state index in [-0.39, 0.29) is 0 Å². The zero-order valence-corrected chi connectivity index (χ0v) is 11.6. The molecule has 1 fully saturated rings. The molecule has 0 unspecified atom stereocenters. The van der Waals surface area contributed by atoms with Crippen LogP contribution in [0.25, 0.3) is 0 Å². The minimum Gasteiger partial charge on any atom is -0.354 e. The van der Waals surface area contributed by atoms with Crippen molar-refractivity contribution >= 4 is 56.6 Å². The lowest BCUT2D eigenvalue weighted by Crippen LogP contribution is -2.48. The molecule has 6 heteroatoms. The van der Waals surface area contributed by atoms with Crippen molar-refractivity contribution in [2.45, 2.75) is 0 Å². The summed E-state index contributed by atoms with van der Waals surface area (Å²) in [7, 11) is 0. The van der Waals surface area contributed by atoms with Crippen molar-refractivity contribution in [3.63, 3.8) is 0 Å². The third-order valence-electron chi connectivity index (χ3n) is 2.15. The van der Waals surface area contributed by atoms with E-state index in [4.69, 9.17) is 24.4 Å². The number of thiocarbonyl (C=S) groups is 2. The lowest BCUT2D eigenvalue weighted by molar-refractivity contribution is 0.271. The minimum absolute atomic E-state index is 1.000. The molecule has 0 atom stereocenters. The van der Waals surface area contributed by atoms with Gasteiger partial charge in [-0.05, 0) is 12.5 Å². The van der Waals surface area contributed by atoms with Gasteiger partial charge in [0.1, 0.15) is 8.64 Å². The summed E-state index contributed by atoms with van der Waals surface area (Å²) < 4.78 is 2.00. The highest BCUT2D eigenvalue weighted by Gasteiger charge is 2.19. The monoisotopic (exact) mass is 266 g/mol. The number of piperazine rings is 1. The minimum atomic E-state index is 1.000. The lowest BCUT2D eigenvalue weighted by atomic mass is 10.4. The molecule has 1 rings (SSSR count). The smallest absolute Gasteiger partial charge is 0.136 e. The fraction of sp³-hybridized carbons (Fsp3) is 0.750. The van der Waals surface area contributed by atoms with E-state index < -0.39 is 0 Å². The summed E-state index contributed by atoms with van der Waals surface area (Å²) in [6.45, 7) is 4.00. The molecule has 0 spiro atoms. The van der Waals surface area contributed by atoms with Gasteiger partial charge in [-0.3, -0.25) is 0 Å². The number of thioether (sulfide) groups is 2. The third kappa shape index (κ3) is 3.25. The molecule has 1 aliphatic heterocycles. The van der Waals surface area contributed by atoms with E-state index in [1.807, 2.05) is 12.5 Å². The maximum atomic E-state index is 5.24. The first-order chi connectivity index (χ1) is 6.69. The Hall–Kier alpha value is 0.480. The van der Waals surface area contributed by atoms with Crippen LogP contribution in [0, 0.1) is 0 Å². The fourth-order valence-electron chi connectivity index (χ4n) is 1.33. The maximum absolute atomic E-state index is 5.24. The van der Waals surface area contributed by atoms with Gasteiger partial charge in [-0.15, -0.1) is 23.5 Å². The highest BCUT2D eigenvalue weighted by atomic mass is 32.2. The van der Waals surface area contributed by atoms with Crippen LogP contribution in [0.5, 0.6) is 0 Å². The van der Waals surface area contributed by atoms with Crippen LogP contribution in [0.1, 0.15) is 0 Å². The van der Waals surface area contributed by atoms with Crippen LogP contribution >= 0.6 is 48.0 Å². The Bertz CT molecular complexity index is 199. The molecular weight excluding hydrogens is 252 g/mol. The van der Waals surface area contributed by atoms with E-state index in [1.165, 1.54) is 0 Å². The summed E-state index contributed by atoms with van der Waals surface area (Å²) in [5.74, 6) is 0. The Labute approximate surface area is 105 Å². The van der Waals surface area contributed by atoms with Crippen molar-refractivity contribution in [1.29, 1.82) is 0 Å². The van der Waals surface area contributed by atoms with E-state index in [0.29, 0.717) is 0 Å². The molecule has 14 heavy (non-hydrogen) atoms. The largest absolute Gasteiger partial charge is 0.354 e. The Kier molecular flexibility index (Phi) is 5.51. The van der Waals surface area contributed by atoms with E-state index in [2.05, 4.69) is 9.80 Å². The molecule has 1 heterocycles. The molecule has 0 saturated carbocycles. The zero-order valence-electron chi connectivity index (χ0n) is 8.36. The van der Waals surface area contributed by atoms with Gasteiger partial charge < -0.3 is 9.80 Å². The van der Waals surface area contributed by atoms with Gasteiger partial charge in [-0.2, -0.15) is 0 Å². The van der Waals surface area contributed by atoms with Crippen LogP contribution in [-0.4, -0.2) is 57.1 Å². The molecule has 2 nitrogen and oxygen atoms in total. The topological polar surface area (TPSA) is 6.48 Å². The zero-order chi connectivity index (χ0) is 10.6. The first-order valence-corrected chi connectivity index (χ1v) is 7.61. The van der Waals surface area contributed by atoms with Crippen LogP contribution in [0.4, 0.5) is 0 Å². The SMILES string of the molecule is CSC(=S)N1CCN(C(=S)SC)CC1. The summed E-state index contributed by atoms with van der Waals surface area (Å²) in [6.07, 6.45) is 4.06. The number of nitrogens with zero attached hydrogens (tertiary/aromatic N) is 2. The second kappa shape index (κ2) is 6.15. The highest BCUT2D eigenvalue weighted by molar-refractivity contribution is 8.22. The molecule has 1 saturated heterocycles. The van der Waals surface area contributed by atoms with Gasteiger partial charge >= 0.3 is 0 Å². The average Bonchev–Trinajstić information content (AvgIpc) is 2.27. The van der Waals surface area contributed by atoms with Crippen molar-refractivity contribution in [3.8, 4) is 0 Å². The number of rotatable bonds is 0. The number of hydrogen-bond donors (Lipinski definition) is 0. The van der Waals surface area contributed by atoms with Gasteiger partial charge in [0.15, 0.2) is 0 Å². The average molecular weight is 266 g/mol. The Morgan fingerprint density at radius 1 is 0.857 bits per heavy atom. The van der Waals surface area contributed by atoms with Crippen LogP contribution in [0.15, 0.2) is 0 Å². The van der Waals surface area contributed by atoms with Crippen LogP contribution < -0.4 is 0 Å². The fourth-order valence-corrected chi connectivity index (χ4v) is 2.58. The van der Waals surface area contributed by atoms with Gasteiger partial charge in [0.05, 0.1) is 0 Å². The number of hydrogen-bond acceptors (Lipinski definition) is 4. The lowest BCUT2D eigenvalue weighted by Gasteiger charge is -2.36. The predicted octanol–water partition coefficient (Wildman–Crippen LogP) is 1.90. The van der Waals surface area contributed by atoms with Gasteiger partial charge in [0, 0.05) is 26.2 Å². The molecule has 80 valence electrons. The molecule has 0 amide bonds. The normalized spacial score (nSPS) is 17.0. The molecule has 0 N–H and O–H groups in total. The van der Waals surface area contributed by atoms with Crippen LogP contribution in [0.3, 0.4) is 0 Å². The van der Waals surface area contributed by atoms with E-state index in [0.717, 1.165) is 34.8 Å². The van der Waals surface area contributed by atoms with Crippen molar-refractivity contribution in [2.24, 2.45) is 0 Å². The molecule has 0 radical (unpaired) electrons. The summed E-state index contributed by atoms with van der Waals surface area (Å²) >= 11 is 13.8. The van der Waals surface area contributed by atoms with E-state index in [9.17, 15) is 0 Å². The first kappa shape index (κ1) is 12.5. The molecule has 0 aromatic heterocycles. The van der Waals surface area contributed by atoms with E-state index in [1.54, 1.807) is 23.5 Å². The van der Waals surface area contributed by atoms with Gasteiger partial charge in [0.2, 0.25) is 0 Å². The summed E-state index contributed by atoms with van der Waals surface area (Å²) in [4.78, 5) is 4.50. The summed E-state index contributed by atoms with van der Waals surface area (Å²) in [5.41, 5.74) is 0. The third-order valence-corrected chi connectivity index (χ3v) is 4.88. The van der Waals surface area contributed by atoms with Crippen molar-refractivity contribution in [1.82, 2.24) is 9.80 Å². The quantitative estimate of drug-likeness (QED) is 0.614. The molecule has 1 aliphatic rings. The van der Waals surface area contributed by atoms with Crippen LogP contribution in [-0.2, 0) is 0 Å². The Morgan fingerprint density at radius 3 is 1.36 bits per heavy atom. The standard InChI is InChI=1S/C8H14N2S4/c1-13-7(11)9-3-5-10(6-4-9)8(12)14-2/h3-6H2,1-2H3. The summed E-state index contributed by atoms with van der Waals surface area (Å²) in [5, 5.41) is 0. The second-order valence-corrected chi connectivity index (χ2v) is 5.79. The van der Waals surface area contributed by atoms with Crippen LogP contribution in [0.2, 0.25) is 0 Å². The van der Waals surface area contributed by atoms with E-state index >= 15 is 0 Å². The van der Waals surface area contributed by atoms with Gasteiger partial charge in [0.25, 0.3) is 0 Å². The maximum Gasteiger partial charge on any atom is 0.136 e.